The van der Waals surface area contributed by atoms with Crippen molar-refractivity contribution in [3.63, 3.8) is 0 Å². The Bertz CT molecular complexity index is 623. The van der Waals surface area contributed by atoms with Gasteiger partial charge in [0.25, 0.3) is 0 Å². The summed E-state index contributed by atoms with van der Waals surface area (Å²) in [7, 11) is 3.94. The Kier molecular flexibility index (Phi) is 3.97. The summed E-state index contributed by atoms with van der Waals surface area (Å²) < 4.78 is 0. The zero-order valence-corrected chi connectivity index (χ0v) is 13.1. The van der Waals surface area contributed by atoms with Crippen molar-refractivity contribution in [2.75, 3.05) is 24.3 Å². The van der Waals surface area contributed by atoms with Crippen LogP contribution in [0.3, 0.4) is 0 Å². The summed E-state index contributed by atoms with van der Waals surface area (Å²) in [6, 6.07) is 9.90. The van der Waals surface area contributed by atoms with Crippen LogP contribution in [0.2, 0.25) is 5.02 Å². The number of anilines is 2. The Morgan fingerprint density at radius 3 is 2.57 bits per heavy atom. The third-order valence-corrected chi connectivity index (χ3v) is 3.90. The van der Waals surface area contributed by atoms with Gasteiger partial charge in [-0.25, -0.2) is 9.97 Å². The van der Waals surface area contributed by atoms with Gasteiger partial charge in [-0.15, -0.1) is 0 Å². The quantitative estimate of drug-likeness (QED) is 0.914. The number of aromatic nitrogens is 2. The van der Waals surface area contributed by atoms with Crippen molar-refractivity contribution in [3.05, 3.63) is 46.7 Å². The fourth-order valence-electron chi connectivity index (χ4n) is 2.25. The fourth-order valence-corrected chi connectivity index (χ4v) is 2.37. The molecule has 0 bridgehead atoms. The molecule has 4 nitrogen and oxygen atoms in total. The summed E-state index contributed by atoms with van der Waals surface area (Å²) in [5.74, 6) is 3.33. The van der Waals surface area contributed by atoms with Crippen molar-refractivity contribution >= 4 is 23.2 Å². The number of hydrogen-bond acceptors (Lipinski definition) is 4. The van der Waals surface area contributed by atoms with Crippen LogP contribution in [0.4, 0.5) is 11.6 Å². The van der Waals surface area contributed by atoms with Crippen LogP contribution in [-0.2, 0) is 6.54 Å². The van der Waals surface area contributed by atoms with Gasteiger partial charge in [-0.1, -0.05) is 23.7 Å². The van der Waals surface area contributed by atoms with E-state index in [2.05, 4.69) is 15.2 Å². The Balaban J connectivity index is 1.81. The van der Waals surface area contributed by atoms with Crippen LogP contribution < -0.4 is 10.2 Å². The van der Waals surface area contributed by atoms with Crippen molar-refractivity contribution in [1.29, 1.82) is 0 Å². The molecule has 1 N–H and O–H groups in total. The fraction of sp³-hybridized carbons (Fsp3) is 0.375. The molecule has 110 valence electrons. The van der Waals surface area contributed by atoms with E-state index in [0.29, 0.717) is 5.92 Å². The van der Waals surface area contributed by atoms with Crippen LogP contribution >= 0.6 is 11.6 Å². The molecule has 0 atom stereocenters. The molecule has 1 fully saturated rings. The van der Waals surface area contributed by atoms with Gasteiger partial charge in [-0.2, -0.15) is 0 Å². The first-order valence-electron chi connectivity index (χ1n) is 7.18. The predicted octanol–water partition coefficient (Wildman–Crippen LogP) is 3.69. The molecule has 0 unspecified atom stereocenters. The summed E-state index contributed by atoms with van der Waals surface area (Å²) in [5, 5.41) is 3.88. The molecule has 2 aromatic rings. The Hall–Kier alpha value is -1.81. The maximum atomic E-state index is 5.92. The van der Waals surface area contributed by atoms with Gasteiger partial charge in [0.15, 0.2) is 0 Å². The number of halogens is 1. The molecule has 1 aliphatic carbocycles. The predicted molar refractivity (Wildman–Crippen MR) is 87.1 cm³/mol. The molecule has 1 saturated carbocycles. The van der Waals surface area contributed by atoms with Crippen molar-refractivity contribution in [3.8, 4) is 0 Å². The van der Waals surface area contributed by atoms with Crippen LogP contribution in [0.15, 0.2) is 30.3 Å². The van der Waals surface area contributed by atoms with Crippen molar-refractivity contribution in [2.45, 2.75) is 25.3 Å². The monoisotopic (exact) mass is 302 g/mol. The van der Waals surface area contributed by atoms with Crippen LogP contribution in [0, 0.1) is 0 Å². The van der Waals surface area contributed by atoms with Gasteiger partial charge < -0.3 is 10.2 Å². The van der Waals surface area contributed by atoms with E-state index in [9.17, 15) is 0 Å². The topological polar surface area (TPSA) is 41.0 Å². The lowest BCUT2D eigenvalue weighted by molar-refractivity contribution is 0.855. The van der Waals surface area contributed by atoms with Crippen LogP contribution in [0.25, 0.3) is 0 Å². The highest BCUT2D eigenvalue weighted by Crippen LogP contribution is 2.39. The van der Waals surface area contributed by atoms with Crippen molar-refractivity contribution < 1.29 is 0 Å². The van der Waals surface area contributed by atoms with E-state index < -0.39 is 0 Å². The standard InChI is InChI=1S/C16H19ClN4/c1-18-14-9-15(20-16(19-14)12-5-6-12)21(2)10-11-3-7-13(17)8-4-11/h3-4,7-9,12H,5-6,10H2,1-2H3,(H,18,19,20). The van der Waals surface area contributed by atoms with E-state index in [1.54, 1.807) is 0 Å². The van der Waals surface area contributed by atoms with Crippen LogP contribution in [0.1, 0.15) is 30.1 Å². The molecule has 0 aliphatic heterocycles. The molecule has 0 spiro atoms. The Morgan fingerprint density at radius 1 is 1.24 bits per heavy atom. The first kappa shape index (κ1) is 14.1. The van der Waals surface area contributed by atoms with Gasteiger partial charge in [0.05, 0.1) is 0 Å². The van der Waals surface area contributed by atoms with Crippen molar-refractivity contribution in [2.24, 2.45) is 0 Å². The molecular formula is C16H19ClN4. The average Bonchev–Trinajstić information content (AvgIpc) is 3.34. The first-order chi connectivity index (χ1) is 10.2. The molecule has 1 aliphatic rings. The molecular weight excluding hydrogens is 284 g/mol. The lowest BCUT2D eigenvalue weighted by Crippen LogP contribution is -2.19. The Labute approximate surface area is 130 Å². The van der Waals surface area contributed by atoms with E-state index in [4.69, 9.17) is 16.6 Å². The van der Waals surface area contributed by atoms with Gasteiger partial charge in [0.1, 0.15) is 17.5 Å². The van der Waals surface area contributed by atoms with Crippen molar-refractivity contribution in [1.82, 2.24) is 9.97 Å². The second kappa shape index (κ2) is 5.90. The highest BCUT2D eigenvalue weighted by atomic mass is 35.5. The van der Waals surface area contributed by atoms with Gasteiger partial charge in [-0.3, -0.25) is 0 Å². The molecule has 0 amide bonds. The molecule has 0 radical (unpaired) electrons. The second-order valence-electron chi connectivity index (χ2n) is 5.48. The summed E-state index contributed by atoms with van der Waals surface area (Å²) in [4.78, 5) is 11.4. The molecule has 1 aromatic carbocycles. The van der Waals surface area contributed by atoms with Crippen LogP contribution in [0.5, 0.6) is 0 Å². The van der Waals surface area contributed by atoms with Gasteiger partial charge in [-0.05, 0) is 30.5 Å². The van der Waals surface area contributed by atoms with E-state index in [1.165, 1.54) is 18.4 Å². The third-order valence-electron chi connectivity index (χ3n) is 3.65. The summed E-state index contributed by atoms with van der Waals surface area (Å²) in [5.41, 5.74) is 1.21. The summed E-state index contributed by atoms with van der Waals surface area (Å²) >= 11 is 5.92. The summed E-state index contributed by atoms with van der Waals surface area (Å²) in [6.07, 6.45) is 2.40. The minimum Gasteiger partial charge on any atom is -0.373 e. The normalized spacial score (nSPS) is 14.0. The molecule has 0 saturated heterocycles. The number of nitrogens with zero attached hydrogens (tertiary/aromatic N) is 3. The van der Waals surface area contributed by atoms with E-state index >= 15 is 0 Å². The highest BCUT2D eigenvalue weighted by molar-refractivity contribution is 6.30. The zero-order chi connectivity index (χ0) is 14.8. The number of nitrogens with one attached hydrogen (secondary N) is 1. The molecule has 5 heteroatoms. The highest BCUT2D eigenvalue weighted by Gasteiger charge is 2.27. The summed E-state index contributed by atoms with van der Waals surface area (Å²) in [6.45, 7) is 0.793. The zero-order valence-electron chi connectivity index (χ0n) is 12.3. The third kappa shape index (κ3) is 3.45. The maximum absolute atomic E-state index is 5.92. The van der Waals surface area contributed by atoms with E-state index in [-0.39, 0.29) is 0 Å². The van der Waals surface area contributed by atoms with Gasteiger partial charge in [0.2, 0.25) is 0 Å². The minimum absolute atomic E-state index is 0.543. The molecule has 1 heterocycles. The minimum atomic E-state index is 0.543. The Morgan fingerprint density at radius 2 is 1.95 bits per heavy atom. The number of rotatable bonds is 5. The van der Waals surface area contributed by atoms with Crippen LogP contribution in [-0.4, -0.2) is 24.1 Å². The van der Waals surface area contributed by atoms with E-state index in [0.717, 1.165) is 29.0 Å². The number of hydrogen-bond donors (Lipinski definition) is 1. The lowest BCUT2D eigenvalue weighted by atomic mass is 10.2. The van der Waals surface area contributed by atoms with Gasteiger partial charge >= 0.3 is 0 Å². The SMILES string of the molecule is CNc1cc(N(C)Cc2ccc(Cl)cc2)nc(C2CC2)n1. The second-order valence-corrected chi connectivity index (χ2v) is 5.91. The van der Waals surface area contributed by atoms with Gasteiger partial charge in [0, 0.05) is 37.6 Å². The largest absolute Gasteiger partial charge is 0.373 e. The first-order valence-corrected chi connectivity index (χ1v) is 7.56. The molecule has 21 heavy (non-hydrogen) atoms. The maximum Gasteiger partial charge on any atom is 0.136 e. The molecule has 1 aromatic heterocycles. The lowest BCUT2D eigenvalue weighted by Gasteiger charge is -2.19. The average molecular weight is 303 g/mol. The molecule has 3 rings (SSSR count). The smallest absolute Gasteiger partial charge is 0.136 e. The van der Waals surface area contributed by atoms with E-state index in [1.807, 2.05) is 44.4 Å². The number of benzene rings is 1.